The number of hydrogen-bond donors (Lipinski definition) is 1. The number of carboxylic acid groups (broad SMARTS) is 1. The van der Waals surface area contributed by atoms with Crippen LogP contribution >= 0.6 is 31.9 Å². The van der Waals surface area contributed by atoms with Gasteiger partial charge in [0.25, 0.3) is 0 Å². The lowest BCUT2D eigenvalue weighted by Crippen LogP contribution is -2.00. The second kappa shape index (κ2) is 3.90. The Labute approximate surface area is 91.2 Å². The number of hydrogen-bond acceptors (Lipinski definition) is 2. The summed E-state index contributed by atoms with van der Waals surface area (Å²) in [5.41, 5.74) is 0.139. The van der Waals surface area contributed by atoms with Crippen molar-refractivity contribution in [2.45, 2.75) is 0 Å². The predicted octanol–water partition coefficient (Wildman–Crippen LogP) is 2.78. The highest BCUT2D eigenvalue weighted by Gasteiger charge is 2.12. The molecule has 0 bridgehead atoms. The number of carboxylic acids is 1. The lowest BCUT2D eigenvalue weighted by molar-refractivity contribution is 0.0696. The number of benzene rings is 1. The lowest BCUT2D eigenvalue weighted by Gasteiger charge is -2.00. The third-order valence-corrected chi connectivity index (χ3v) is 3.26. The first kappa shape index (κ1) is 10.2. The van der Waals surface area contributed by atoms with Crippen molar-refractivity contribution in [2.24, 2.45) is 0 Å². The van der Waals surface area contributed by atoms with Crippen molar-refractivity contribution in [3.05, 3.63) is 32.2 Å². The van der Waals surface area contributed by atoms with Gasteiger partial charge in [-0.05, 0) is 44.0 Å². The van der Waals surface area contributed by atoms with Gasteiger partial charge < -0.3 is 5.11 Å². The summed E-state index contributed by atoms with van der Waals surface area (Å²) in [4.78, 5) is 10.7. The molecule has 1 N–H and O–H groups in total. The van der Waals surface area contributed by atoms with E-state index < -0.39 is 5.97 Å². The van der Waals surface area contributed by atoms with Gasteiger partial charge in [0.1, 0.15) is 6.07 Å². The molecule has 0 heterocycles. The van der Waals surface area contributed by atoms with Crippen molar-refractivity contribution >= 4 is 37.8 Å². The van der Waals surface area contributed by atoms with Gasteiger partial charge in [-0.25, -0.2) is 4.79 Å². The Morgan fingerprint density at radius 2 is 1.92 bits per heavy atom. The van der Waals surface area contributed by atoms with E-state index in [1.807, 2.05) is 6.07 Å². The zero-order valence-electron chi connectivity index (χ0n) is 6.21. The predicted molar refractivity (Wildman–Crippen MR) is 53.5 cm³/mol. The fourth-order valence-corrected chi connectivity index (χ4v) is 1.50. The molecule has 1 aromatic carbocycles. The van der Waals surface area contributed by atoms with Crippen LogP contribution in [0.15, 0.2) is 21.1 Å². The van der Waals surface area contributed by atoms with Crippen LogP contribution in [-0.2, 0) is 0 Å². The molecule has 0 radical (unpaired) electrons. The number of aromatic carboxylic acids is 1. The van der Waals surface area contributed by atoms with Crippen molar-refractivity contribution in [1.82, 2.24) is 0 Å². The average molecular weight is 305 g/mol. The molecule has 0 aliphatic carbocycles. The summed E-state index contributed by atoms with van der Waals surface area (Å²) >= 11 is 6.34. The van der Waals surface area contributed by atoms with Crippen LogP contribution in [0.5, 0.6) is 0 Å². The first-order chi connectivity index (χ1) is 6.06. The fourth-order valence-electron chi connectivity index (χ4n) is 0.816. The van der Waals surface area contributed by atoms with E-state index in [4.69, 9.17) is 10.4 Å². The van der Waals surface area contributed by atoms with E-state index in [0.717, 1.165) is 0 Å². The summed E-state index contributed by atoms with van der Waals surface area (Å²) in [6, 6.07) is 4.67. The van der Waals surface area contributed by atoms with Gasteiger partial charge in [0, 0.05) is 8.95 Å². The van der Waals surface area contributed by atoms with Gasteiger partial charge in [0.2, 0.25) is 0 Å². The summed E-state index contributed by atoms with van der Waals surface area (Å²) < 4.78 is 1.28. The Bertz CT molecular complexity index is 409. The Hall–Kier alpha value is -0.860. The second-order valence-corrected chi connectivity index (χ2v) is 3.94. The van der Waals surface area contributed by atoms with E-state index in [9.17, 15) is 4.79 Å². The maximum Gasteiger partial charge on any atom is 0.337 e. The highest BCUT2D eigenvalue weighted by atomic mass is 79.9. The molecule has 0 spiro atoms. The van der Waals surface area contributed by atoms with E-state index in [0.29, 0.717) is 8.95 Å². The van der Waals surface area contributed by atoms with Crippen LogP contribution in [0.4, 0.5) is 0 Å². The summed E-state index contributed by atoms with van der Waals surface area (Å²) in [6.07, 6.45) is 0. The van der Waals surface area contributed by atoms with E-state index in [2.05, 4.69) is 31.9 Å². The molecule has 3 nitrogen and oxygen atoms in total. The van der Waals surface area contributed by atoms with Gasteiger partial charge in [-0.3, -0.25) is 0 Å². The van der Waals surface area contributed by atoms with E-state index in [-0.39, 0.29) is 11.1 Å². The van der Waals surface area contributed by atoms with Crippen molar-refractivity contribution in [2.75, 3.05) is 0 Å². The zero-order valence-corrected chi connectivity index (χ0v) is 9.39. The van der Waals surface area contributed by atoms with E-state index >= 15 is 0 Å². The third-order valence-electron chi connectivity index (χ3n) is 1.41. The largest absolute Gasteiger partial charge is 0.478 e. The molecule has 13 heavy (non-hydrogen) atoms. The van der Waals surface area contributed by atoms with Gasteiger partial charge >= 0.3 is 5.97 Å². The molecule has 0 aliphatic rings. The molecule has 0 aromatic heterocycles. The van der Waals surface area contributed by atoms with Gasteiger partial charge in [0.05, 0.1) is 11.1 Å². The van der Waals surface area contributed by atoms with Gasteiger partial charge in [0.15, 0.2) is 0 Å². The molecule has 1 rings (SSSR count). The van der Waals surface area contributed by atoms with Crippen molar-refractivity contribution < 1.29 is 9.90 Å². The Morgan fingerprint density at radius 3 is 2.38 bits per heavy atom. The van der Waals surface area contributed by atoms with Crippen LogP contribution in [0, 0.1) is 11.3 Å². The van der Waals surface area contributed by atoms with Crippen LogP contribution in [0.1, 0.15) is 15.9 Å². The number of carbonyl (C=O) groups is 1. The summed E-state index contributed by atoms with van der Waals surface area (Å²) in [5.74, 6) is -1.11. The number of nitriles is 1. The molecule has 0 atom stereocenters. The van der Waals surface area contributed by atoms with Gasteiger partial charge in [-0.2, -0.15) is 5.26 Å². The Balaban J connectivity index is 3.44. The maximum atomic E-state index is 10.7. The molecule has 0 fully saturated rings. The van der Waals surface area contributed by atoms with Crippen molar-refractivity contribution in [1.29, 1.82) is 5.26 Å². The Kier molecular flexibility index (Phi) is 3.07. The first-order valence-corrected chi connectivity index (χ1v) is 4.77. The molecular weight excluding hydrogens is 302 g/mol. The van der Waals surface area contributed by atoms with E-state index in [1.54, 1.807) is 0 Å². The van der Waals surface area contributed by atoms with Crippen LogP contribution in [0.25, 0.3) is 0 Å². The average Bonchev–Trinajstić information content (AvgIpc) is 2.08. The molecule has 1 aromatic rings. The normalized spacial score (nSPS) is 9.31. The minimum Gasteiger partial charge on any atom is -0.478 e. The van der Waals surface area contributed by atoms with Crippen LogP contribution < -0.4 is 0 Å². The minimum atomic E-state index is -1.11. The summed E-state index contributed by atoms with van der Waals surface area (Å²) in [6.45, 7) is 0. The quantitative estimate of drug-likeness (QED) is 0.868. The zero-order chi connectivity index (χ0) is 10.0. The highest BCUT2D eigenvalue weighted by Crippen LogP contribution is 2.26. The van der Waals surface area contributed by atoms with Crippen LogP contribution in [0.2, 0.25) is 0 Å². The SMILES string of the molecule is N#Cc1cc(Br)c(Br)cc1C(=O)O. The molecule has 0 saturated heterocycles. The van der Waals surface area contributed by atoms with Crippen LogP contribution in [-0.4, -0.2) is 11.1 Å². The fraction of sp³-hybridized carbons (Fsp3) is 0. The molecular formula is C8H3Br2NO2. The monoisotopic (exact) mass is 303 g/mol. The summed E-state index contributed by atoms with van der Waals surface area (Å²) in [7, 11) is 0. The van der Waals surface area contributed by atoms with Crippen LogP contribution in [0.3, 0.4) is 0 Å². The number of halogens is 2. The molecule has 66 valence electrons. The molecule has 0 saturated carbocycles. The summed E-state index contributed by atoms with van der Waals surface area (Å²) in [5, 5.41) is 17.4. The van der Waals surface area contributed by atoms with Gasteiger partial charge in [-0.1, -0.05) is 0 Å². The topological polar surface area (TPSA) is 61.1 Å². The third kappa shape index (κ3) is 2.08. The molecule has 0 amide bonds. The van der Waals surface area contributed by atoms with Crippen molar-refractivity contribution in [3.8, 4) is 6.07 Å². The lowest BCUT2D eigenvalue weighted by atomic mass is 10.1. The second-order valence-electron chi connectivity index (χ2n) is 2.23. The highest BCUT2D eigenvalue weighted by molar-refractivity contribution is 9.13. The standard InChI is InChI=1S/C8H3Br2NO2/c9-6-1-4(3-11)5(8(12)13)2-7(6)10/h1-2H,(H,12,13). The van der Waals surface area contributed by atoms with Crippen molar-refractivity contribution in [3.63, 3.8) is 0 Å². The number of nitrogens with zero attached hydrogens (tertiary/aromatic N) is 1. The molecule has 5 heteroatoms. The van der Waals surface area contributed by atoms with Gasteiger partial charge in [-0.15, -0.1) is 0 Å². The first-order valence-electron chi connectivity index (χ1n) is 3.18. The maximum absolute atomic E-state index is 10.7. The number of rotatable bonds is 1. The van der Waals surface area contributed by atoms with E-state index in [1.165, 1.54) is 12.1 Å². The Morgan fingerprint density at radius 1 is 1.38 bits per heavy atom. The molecule has 0 unspecified atom stereocenters. The molecule has 0 aliphatic heterocycles. The minimum absolute atomic E-state index is 0.00225. The smallest absolute Gasteiger partial charge is 0.337 e.